The van der Waals surface area contributed by atoms with Crippen LogP contribution in [0.1, 0.15) is 48.2 Å². The van der Waals surface area contributed by atoms with E-state index in [1.165, 1.54) is 11.3 Å². The number of likely N-dealkylation sites (tertiary alicyclic amines) is 1. The Morgan fingerprint density at radius 3 is 2.38 bits per heavy atom. The fourth-order valence-electron chi connectivity index (χ4n) is 4.49. The van der Waals surface area contributed by atoms with Gasteiger partial charge in [-0.05, 0) is 24.8 Å². The van der Waals surface area contributed by atoms with Crippen LogP contribution in [0.25, 0.3) is 0 Å². The Morgan fingerprint density at radius 2 is 1.62 bits per heavy atom. The first-order valence-corrected chi connectivity index (χ1v) is 10.7. The van der Waals surface area contributed by atoms with E-state index in [4.69, 9.17) is 0 Å². The SMILES string of the molecule is Cn1nc(CCC(=O)N2CCCC2)c2c1CCN(C(=O)CCc1ccccc1)C2. The molecule has 1 fully saturated rings. The highest BCUT2D eigenvalue weighted by atomic mass is 16.2. The Hall–Kier alpha value is -2.63. The lowest BCUT2D eigenvalue weighted by Crippen LogP contribution is -2.36. The van der Waals surface area contributed by atoms with E-state index in [1.54, 1.807) is 0 Å². The number of amides is 2. The van der Waals surface area contributed by atoms with Gasteiger partial charge in [0.1, 0.15) is 0 Å². The normalized spacial score (nSPS) is 16.2. The molecule has 0 atom stereocenters. The monoisotopic (exact) mass is 394 g/mol. The lowest BCUT2D eigenvalue weighted by Gasteiger charge is -2.28. The van der Waals surface area contributed by atoms with Crippen LogP contribution in [0.3, 0.4) is 0 Å². The fraction of sp³-hybridized carbons (Fsp3) is 0.522. The maximum Gasteiger partial charge on any atom is 0.223 e. The third-order valence-electron chi connectivity index (χ3n) is 6.18. The standard InChI is InChI=1S/C23H30N4O2/c1-25-21-13-16-27(23(29)11-9-18-7-3-2-4-8-18)17-19(21)20(24-25)10-12-22(28)26-14-5-6-15-26/h2-4,7-8H,5-6,9-17H2,1H3. The van der Waals surface area contributed by atoms with Gasteiger partial charge < -0.3 is 9.80 Å². The minimum Gasteiger partial charge on any atom is -0.343 e. The summed E-state index contributed by atoms with van der Waals surface area (Å²) in [7, 11) is 1.97. The van der Waals surface area contributed by atoms with Crippen LogP contribution in [0, 0.1) is 0 Å². The average molecular weight is 395 g/mol. The topological polar surface area (TPSA) is 58.4 Å². The van der Waals surface area contributed by atoms with E-state index < -0.39 is 0 Å². The van der Waals surface area contributed by atoms with Gasteiger partial charge in [0.2, 0.25) is 11.8 Å². The van der Waals surface area contributed by atoms with Gasteiger partial charge in [-0.1, -0.05) is 30.3 Å². The molecule has 2 aromatic rings. The first kappa shape index (κ1) is 19.7. The van der Waals surface area contributed by atoms with Crippen molar-refractivity contribution in [3.63, 3.8) is 0 Å². The molecule has 4 rings (SSSR count). The summed E-state index contributed by atoms with van der Waals surface area (Å²) in [5.74, 6) is 0.427. The van der Waals surface area contributed by atoms with E-state index in [1.807, 2.05) is 39.7 Å². The zero-order valence-corrected chi connectivity index (χ0v) is 17.3. The van der Waals surface area contributed by atoms with Gasteiger partial charge in [0.15, 0.2) is 0 Å². The van der Waals surface area contributed by atoms with E-state index in [-0.39, 0.29) is 11.8 Å². The Kier molecular flexibility index (Phi) is 5.97. The van der Waals surface area contributed by atoms with Gasteiger partial charge in [-0.2, -0.15) is 5.10 Å². The van der Waals surface area contributed by atoms with E-state index in [9.17, 15) is 9.59 Å². The smallest absolute Gasteiger partial charge is 0.223 e. The van der Waals surface area contributed by atoms with Crippen LogP contribution < -0.4 is 0 Å². The summed E-state index contributed by atoms with van der Waals surface area (Å²) in [6.07, 6.45) is 5.52. The minimum atomic E-state index is 0.197. The molecule has 2 amide bonds. The molecule has 1 saturated heterocycles. The Bertz CT molecular complexity index is 869. The van der Waals surface area contributed by atoms with Gasteiger partial charge in [0, 0.05) is 70.2 Å². The minimum absolute atomic E-state index is 0.197. The Balaban J connectivity index is 1.37. The van der Waals surface area contributed by atoms with Gasteiger partial charge in [0.25, 0.3) is 0 Å². The maximum absolute atomic E-state index is 12.8. The van der Waals surface area contributed by atoms with E-state index in [0.717, 1.165) is 56.6 Å². The van der Waals surface area contributed by atoms with Crippen molar-refractivity contribution in [2.24, 2.45) is 7.05 Å². The molecule has 0 radical (unpaired) electrons. The van der Waals surface area contributed by atoms with Gasteiger partial charge in [-0.25, -0.2) is 0 Å². The highest BCUT2D eigenvalue weighted by molar-refractivity contribution is 5.77. The number of aromatic nitrogens is 2. The second-order valence-electron chi connectivity index (χ2n) is 8.13. The number of carbonyl (C=O) groups is 2. The van der Waals surface area contributed by atoms with Gasteiger partial charge in [-0.3, -0.25) is 14.3 Å². The fourth-order valence-corrected chi connectivity index (χ4v) is 4.49. The van der Waals surface area contributed by atoms with Crippen LogP contribution in [-0.4, -0.2) is 51.0 Å². The number of carbonyl (C=O) groups excluding carboxylic acids is 2. The first-order valence-electron chi connectivity index (χ1n) is 10.7. The van der Waals surface area contributed by atoms with Crippen molar-refractivity contribution in [3.05, 3.63) is 52.8 Å². The molecule has 0 saturated carbocycles. The molecule has 6 heteroatoms. The van der Waals surface area contributed by atoms with Crippen LogP contribution in [-0.2, 0) is 42.4 Å². The zero-order chi connectivity index (χ0) is 20.2. The Labute approximate surface area is 172 Å². The number of nitrogens with zero attached hydrogens (tertiary/aromatic N) is 4. The molecule has 1 aromatic carbocycles. The number of rotatable bonds is 6. The lowest BCUT2D eigenvalue weighted by molar-refractivity contribution is -0.132. The maximum atomic E-state index is 12.8. The Morgan fingerprint density at radius 1 is 0.931 bits per heavy atom. The molecule has 6 nitrogen and oxygen atoms in total. The first-order chi connectivity index (χ1) is 14.1. The molecular formula is C23H30N4O2. The summed E-state index contributed by atoms with van der Waals surface area (Å²) in [6.45, 7) is 3.14. The van der Waals surface area contributed by atoms with Gasteiger partial charge in [-0.15, -0.1) is 0 Å². The molecule has 0 spiro atoms. The van der Waals surface area contributed by atoms with Crippen molar-refractivity contribution in [1.29, 1.82) is 0 Å². The van der Waals surface area contributed by atoms with Crippen molar-refractivity contribution >= 4 is 11.8 Å². The van der Waals surface area contributed by atoms with E-state index in [0.29, 0.717) is 25.8 Å². The van der Waals surface area contributed by atoms with Crippen molar-refractivity contribution < 1.29 is 9.59 Å². The highest BCUT2D eigenvalue weighted by Crippen LogP contribution is 2.24. The quantitative estimate of drug-likeness (QED) is 0.756. The van der Waals surface area contributed by atoms with Gasteiger partial charge in [0.05, 0.1) is 5.69 Å². The molecule has 29 heavy (non-hydrogen) atoms. The molecule has 0 aliphatic carbocycles. The van der Waals surface area contributed by atoms with E-state index in [2.05, 4.69) is 17.2 Å². The number of hydrogen-bond donors (Lipinski definition) is 0. The number of aryl methyl sites for hydroxylation is 3. The number of fused-ring (bicyclic) bond motifs is 1. The second kappa shape index (κ2) is 8.80. The van der Waals surface area contributed by atoms with Crippen LogP contribution in [0.15, 0.2) is 30.3 Å². The predicted molar refractivity (Wildman–Crippen MR) is 111 cm³/mol. The van der Waals surface area contributed by atoms with Crippen molar-refractivity contribution in [1.82, 2.24) is 19.6 Å². The molecule has 2 aliphatic rings. The van der Waals surface area contributed by atoms with Crippen molar-refractivity contribution in [2.75, 3.05) is 19.6 Å². The van der Waals surface area contributed by atoms with E-state index >= 15 is 0 Å². The molecular weight excluding hydrogens is 364 g/mol. The van der Waals surface area contributed by atoms with Crippen LogP contribution in [0.4, 0.5) is 0 Å². The summed E-state index contributed by atoms with van der Waals surface area (Å²) >= 11 is 0. The van der Waals surface area contributed by atoms with Crippen molar-refractivity contribution in [3.8, 4) is 0 Å². The summed E-state index contributed by atoms with van der Waals surface area (Å²) < 4.78 is 1.94. The van der Waals surface area contributed by atoms with Crippen LogP contribution >= 0.6 is 0 Å². The predicted octanol–water partition coefficient (Wildman–Crippen LogP) is 2.49. The molecule has 154 valence electrons. The van der Waals surface area contributed by atoms with Crippen LogP contribution in [0.2, 0.25) is 0 Å². The largest absolute Gasteiger partial charge is 0.343 e. The third-order valence-corrected chi connectivity index (χ3v) is 6.18. The molecule has 0 bridgehead atoms. The lowest BCUT2D eigenvalue weighted by atomic mass is 10.0. The average Bonchev–Trinajstić information content (AvgIpc) is 3.39. The third kappa shape index (κ3) is 4.52. The summed E-state index contributed by atoms with van der Waals surface area (Å²) in [6, 6.07) is 10.2. The zero-order valence-electron chi connectivity index (χ0n) is 17.3. The molecule has 0 N–H and O–H groups in total. The molecule has 1 aromatic heterocycles. The highest BCUT2D eigenvalue weighted by Gasteiger charge is 2.27. The molecule has 2 aliphatic heterocycles. The number of hydrogen-bond acceptors (Lipinski definition) is 3. The van der Waals surface area contributed by atoms with Crippen LogP contribution in [0.5, 0.6) is 0 Å². The molecule has 3 heterocycles. The number of benzene rings is 1. The second-order valence-corrected chi connectivity index (χ2v) is 8.13. The summed E-state index contributed by atoms with van der Waals surface area (Å²) in [4.78, 5) is 29.1. The van der Waals surface area contributed by atoms with Gasteiger partial charge >= 0.3 is 0 Å². The van der Waals surface area contributed by atoms with Crippen molar-refractivity contribution in [2.45, 2.75) is 51.5 Å². The summed E-state index contributed by atoms with van der Waals surface area (Å²) in [5.41, 5.74) is 4.54. The summed E-state index contributed by atoms with van der Waals surface area (Å²) in [5, 5.41) is 4.69. The molecule has 0 unspecified atom stereocenters.